The van der Waals surface area contributed by atoms with Gasteiger partial charge < -0.3 is 10.1 Å². The predicted octanol–water partition coefficient (Wildman–Crippen LogP) is 4.31. The molecular weight excluding hydrogens is 236 g/mol. The molecule has 1 N–H and O–H groups in total. The van der Waals surface area contributed by atoms with Gasteiger partial charge in [0.2, 0.25) is 0 Å². The Morgan fingerprint density at radius 1 is 1.11 bits per heavy atom. The number of aryl methyl sites for hydroxylation is 1. The number of nitrogens with zero attached hydrogens (tertiary/aromatic N) is 1. The molecule has 3 heteroatoms. The standard InChI is InChI=1S/C16H20N2O/c1-12-11-13(19-16(2,3)4)8-9-14(12)18-15-7-5-6-10-17-15/h5-11H,1-4H3,(H,17,18). The van der Waals surface area contributed by atoms with Crippen LogP contribution in [-0.2, 0) is 0 Å². The number of nitrogens with one attached hydrogen (secondary N) is 1. The van der Waals surface area contributed by atoms with Crippen LogP contribution in [0.1, 0.15) is 26.3 Å². The second-order valence-electron chi connectivity index (χ2n) is 5.53. The molecule has 0 unspecified atom stereocenters. The molecule has 1 aromatic heterocycles. The Kier molecular flexibility index (Phi) is 3.74. The second-order valence-corrected chi connectivity index (χ2v) is 5.53. The summed E-state index contributed by atoms with van der Waals surface area (Å²) in [6, 6.07) is 11.8. The summed E-state index contributed by atoms with van der Waals surface area (Å²) in [4.78, 5) is 4.25. The van der Waals surface area contributed by atoms with Crippen molar-refractivity contribution in [3.05, 3.63) is 48.2 Å². The van der Waals surface area contributed by atoms with Crippen LogP contribution in [0.25, 0.3) is 0 Å². The molecular formula is C16H20N2O. The Labute approximate surface area is 114 Å². The summed E-state index contributed by atoms with van der Waals surface area (Å²) in [7, 11) is 0. The number of anilines is 2. The fourth-order valence-electron chi connectivity index (χ4n) is 1.77. The monoisotopic (exact) mass is 256 g/mol. The van der Waals surface area contributed by atoms with Crippen molar-refractivity contribution in [3.8, 4) is 5.75 Å². The van der Waals surface area contributed by atoms with Crippen molar-refractivity contribution in [2.75, 3.05) is 5.32 Å². The average molecular weight is 256 g/mol. The van der Waals surface area contributed by atoms with Crippen molar-refractivity contribution >= 4 is 11.5 Å². The van der Waals surface area contributed by atoms with Crippen LogP contribution in [0, 0.1) is 6.92 Å². The van der Waals surface area contributed by atoms with Gasteiger partial charge in [0.15, 0.2) is 0 Å². The maximum atomic E-state index is 5.84. The number of rotatable bonds is 3. The van der Waals surface area contributed by atoms with E-state index in [2.05, 4.69) is 17.2 Å². The summed E-state index contributed by atoms with van der Waals surface area (Å²) in [5.74, 6) is 1.73. The maximum absolute atomic E-state index is 5.84. The Hall–Kier alpha value is -2.03. The largest absolute Gasteiger partial charge is 0.488 e. The molecule has 0 saturated carbocycles. The van der Waals surface area contributed by atoms with Crippen LogP contribution < -0.4 is 10.1 Å². The van der Waals surface area contributed by atoms with Crippen molar-refractivity contribution in [2.45, 2.75) is 33.3 Å². The maximum Gasteiger partial charge on any atom is 0.130 e. The lowest BCUT2D eigenvalue weighted by Gasteiger charge is -2.22. The van der Waals surface area contributed by atoms with Gasteiger partial charge in [-0.2, -0.15) is 0 Å². The van der Waals surface area contributed by atoms with Gasteiger partial charge in [0.05, 0.1) is 0 Å². The van der Waals surface area contributed by atoms with E-state index in [4.69, 9.17) is 4.74 Å². The molecule has 0 atom stereocenters. The first kappa shape index (κ1) is 13.4. The minimum absolute atomic E-state index is 0.178. The van der Waals surface area contributed by atoms with Crippen molar-refractivity contribution in [1.29, 1.82) is 0 Å². The van der Waals surface area contributed by atoms with Crippen molar-refractivity contribution in [1.82, 2.24) is 4.98 Å². The molecule has 0 saturated heterocycles. The van der Waals surface area contributed by atoms with Gasteiger partial charge in [0, 0.05) is 11.9 Å². The molecule has 0 radical (unpaired) electrons. The molecule has 0 spiro atoms. The summed E-state index contributed by atoms with van der Waals surface area (Å²) in [6.45, 7) is 8.19. The van der Waals surface area contributed by atoms with Crippen LogP contribution in [0.5, 0.6) is 5.75 Å². The Morgan fingerprint density at radius 2 is 1.89 bits per heavy atom. The van der Waals surface area contributed by atoms with Crippen LogP contribution in [0.2, 0.25) is 0 Å². The lowest BCUT2D eigenvalue weighted by molar-refractivity contribution is 0.131. The molecule has 19 heavy (non-hydrogen) atoms. The zero-order chi connectivity index (χ0) is 13.9. The van der Waals surface area contributed by atoms with Gasteiger partial charge in [0.1, 0.15) is 17.2 Å². The van der Waals surface area contributed by atoms with Gasteiger partial charge in [-0.3, -0.25) is 0 Å². The smallest absolute Gasteiger partial charge is 0.130 e. The highest BCUT2D eigenvalue weighted by molar-refractivity contribution is 5.61. The molecule has 0 aliphatic carbocycles. The zero-order valence-corrected chi connectivity index (χ0v) is 11.9. The van der Waals surface area contributed by atoms with Crippen LogP contribution in [0.3, 0.4) is 0 Å². The lowest BCUT2D eigenvalue weighted by Crippen LogP contribution is -2.22. The van der Waals surface area contributed by atoms with Gasteiger partial charge in [-0.1, -0.05) is 6.07 Å². The zero-order valence-electron chi connectivity index (χ0n) is 11.9. The Balaban J connectivity index is 2.16. The average Bonchev–Trinajstić information content (AvgIpc) is 2.32. The first-order valence-corrected chi connectivity index (χ1v) is 6.42. The molecule has 0 amide bonds. The van der Waals surface area contributed by atoms with E-state index in [-0.39, 0.29) is 5.60 Å². The van der Waals surface area contributed by atoms with E-state index in [0.717, 1.165) is 22.8 Å². The highest BCUT2D eigenvalue weighted by Gasteiger charge is 2.12. The van der Waals surface area contributed by atoms with E-state index in [0.29, 0.717) is 0 Å². The Bertz CT molecular complexity index is 544. The number of benzene rings is 1. The predicted molar refractivity (Wildman–Crippen MR) is 79.1 cm³/mol. The molecule has 0 bridgehead atoms. The summed E-state index contributed by atoms with van der Waals surface area (Å²) in [5, 5.41) is 3.30. The van der Waals surface area contributed by atoms with Crippen molar-refractivity contribution in [3.63, 3.8) is 0 Å². The van der Waals surface area contributed by atoms with Crippen LogP contribution >= 0.6 is 0 Å². The van der Waals surface area contributed by atoms with E-state index in [1.807, 2.05) is 57.2 Å². The molecule has 2 aromatic rings. The third-order valence-electron chi connectivity index (χ3n) is 2.55. The van der Waals surface area contributed by atoms with Gasteiger partial charge >= 0.3 is 0 Å². The van der Waals surface area contributed by atoms with E-state index in [1.165, 1.54) is 0 Å². The Morgan fingerprint density at radius 3 is 2.47 bits per heavy atom. The molecule has 2 rings (SSSR count). The lowest BCUT2D eigenvalue weighted by atomic mass is 10.1. The van der Waals surface area contributed by atoms with Crippen LogP contribution in [0.15, 0.2) is 42.6 Å². The number of hydrogen-bond donors (Lipinski definition) is 1. The normalized spacial score (nSPS) is 11.2. The number of aromatic nitrogens is 1. The summed E-state index contributed by atoms with van der Waals surface area (Å²) in [5.41, 5.74) is 2.00. The molecule has 0 fully saturated rings. The third-order valence-corrected chi connectivity index (χ3v) is 2.55. The summed E-state index contributed by atoms with van der Waals surface area (Å²) < 4.78 is 5.84. The molecule has 1 heterocycles. The minimum Gasteiger partial charge on any atom is -0.488 e. The number of pyridine rings is 1. The van der Waals surface area contributed by atoms with Crippen LogP contribution in [-0.4, -0.2) is 10.6 Å². The van der Waals surface area contributed by atoms with E-state index in [1.54, 1.807) is 6.20 Å². The first-order chi connectivity index (χ1) is 8.94. The van der Waals surface area contributed by atoms with Crippen molar-refractivity contribution in [2.24, 2.45) is 0 Å². The molecule has 100 valence electrons. The van der Waals surface area contributed by atoms with E-state index >= 15 is 0 Å². The quantitative estimate of drug-likeness (QED) is 0.888. The summed E-state index contributed by atoms with van der Waals surface area (Å²) in [6.07, 6.45) is 1.77. The highest BCUT2D eigenvalue weighted by atomic mass is 16.5. The van der Waals surface area contributed by atoms with E-state index < -0.39 is 0 Å². The number of ether oxygens (including phenoxy) is 1. The highest BCUT2D eigenvalue weighted by Crippen LogP contribution is 2.26. The van der Waals surface area contributed by atoms with Crippen molar-refractivity contribution < 1.29 is 4.74 Å². The fourth-order valence-corrected chi connectivity index (χ4v) is 1.77. The summed E-state index contributed by atoms with van der Waals surface area (Å²) >= 11 is 0. The fraction of sp³-hybridized carbons (Fsp3) is 0.312. The molecule has 0 aliphatic rings. The van der Waals surface area contributed by atoms with Gasteiger partial charge in [-0.15, -0.1) is 0 Å². The van der Waals surface area contributed by atoms with Crippen LogP contribution in [0.4, 0.5) is 11.5 Å². The molecule has 0 aliphatic heterocycles. The van der Waals surface area contributed by atoms with E-state index in [9.17, 15) is 0 Å². The molecule has 1 aromatic carbocycles. The topological polar surface area (TPSA) is 34.1 Å². The third kappa shape index (κ3) is 3.98. The number of hydrogen-bond acceptors (Lipinski definition) is 3. The van der Waals surface area contributed by atoms with Gasteiger partial charge in [0.25, 0.3) is 0 Å². The SMILES string of the molecule is Cc1cc(OC(C)(C)C)ccc1Nc1ccccn1. The first-order valence-electron chi connectivity index (χ1n) is 6.42. The molecule has 3 nitrogen and oxygen atoms in total. The van der Waals surface area contributed by atoms with Gasteiger partial charge in [-0.05, 0) is 63.6 Å². The minimum atomic E-state index is -0.178. The second kappa shape index (κ2) is 5.31. The van der Waals surface area contributed by atoms with Gasteiger partial charge in [-0.25, -0.2) is 4.98 Å².